The van der Waals surface area contributed by atoms with Gasteiger partial charge in [0.2, 0.25) is 5.91 Å². The van der Waals surface area contributed by atoms with Gasteiger partial charge >= 0.3 is 0 Å². The number of hydrogen-bond acceptors (Lipinski definition) is 4. The zero-order valence-electron chi connectivity index (χ0n) is 17.8. The quantitative estimate of drug-likeness (QED) is 0.700. The summed E-state index contributed by atoms with van der Waals surface area (Å²) in [7, 11) is 3.53. The Labute approximate surface area is 174 Å². The Kier molecular flexibility index (Phi) is 7.92. The van der Waals surface area contributed by atoms with Crippen LogP contribution in [0.3, 0.4) is 0 Å². The predicted molar refractivity (Wildman–Crippen MR) is 112 cm³/mol. The number of carbonyl (C=O) groups is 2. The molecular formula is C23H34N2O4. The number of carbonyl (C=O) groups excluding carboxylic acids is 2. The Balaban J connectivity index is 1.47. The number of hydrogen-bond donors (Lipinski definition) is 0. The molecule has 1 saturated carbocycles. The van der Waals surface area contributed by atoms with Crippen molar-refractivity contribution >= 4 is 11.8 Å². The normalized spacial score (nSPS) is 18.5. The molecule has 0 atom stereocenters. The van der Waals surface area contributed by atoms with E-state index in [1.165, 1.54) is 19.3 Å². The minimum atomic E-state index is 0.0892. The molecule has 2 fully saturated rings. The molecule has 6 nitrogen and oxygen atoms in total. The molecule has 1 aromatic rings. The van der Waals surface area contributed by atoms with Gasteiger partial charge in [-0.2, -0.15) is 0 Å². The number of piperidine rings is 1. The highest BCUT2D eigenvalue weighted by Crippen LogP contribution is 2.24. The largest absolute Gasteiger partial charge is 0.490 e. The molecule has 160 valence electrons. The maximum Gasteiger partial charge on any atom is 0.253 e. The zero-order valence-corrected chi connectivity index (χ0v) is 17.8. The van der Waals surface area contributed by atoms with E-state index in [2.05, 4.69) is 0 Å². The van der Waals surface area contributed by atoms with E-state index in [1.807, 2.05) is 41.1 Å². The third-order valence-corrected chi connectivity index (χ3v) is 6.16. The second-order valence-corrected chi connectivity index (χ2v) is 8.17. The average Bonchev–Trinajstić information content (AvgIpc) is 2.78. The summed E-state index contributed by atoms with van der Waals surface area (Å²) in [5, 5.41) is 0. The van der Waals surface area contributed by atoms with Crippen LogP contribution in [0.1, 0.15) is 61.7 Å². The molecule has 0 unspecified atom stereocenters. The smallest absolute Gasteiger partial charge is 0.253 e. The first-order chi connectivity index (χ1) is 14.1. The summed E-state index contributed by atoms with van der Waals surface area (Å²) in [6.45, 7) is 1.90. The van der Waals surface area contributed by atoms with Gasteiger partial charge in [0.1, 0.15) is 11.9 Å². The van der Waals surface area contributed by atoms with Gasteiger partial charge in [-0.3, -0.25) is 9.59 Å². The number of rotatable bonds is 7. The molecule has 29 heavy (non-hydrogen) atoms. The Morgan fingerprint density at radius 1 is 1.03 bits per heavy atom. The number of ether oxygens (including phenoxy) is 2. The van der Waals surface area contributed by atoms with E-state index in [4.69, 9.17) is 9.47 Å². The van der Waals surface area contributed by atoms with Crippen LogP contribution in [0.15, 0.2) is 24.3 Å². The van der Waals surface area contributed by atoms with Crippen LogP contribution in [0.5, 0.6) is 5.75 Å². The minimum absolute atomic E-state index is 0.0892. The number of likely N-dealkylation sites (tertiary alicyclic amines) is 1. The average molecular weight is 403 g/mol. The Morgan fingerprint density at radius 2 is 1.69 bits per heavy atom. The van der Waals surface area contributed by atoms with Gasteiger partial charge in [0.15, 0.2) is 0 Å². The summed E-state index contributed by atoms with van der Waals surface area (Å²) in [5.41, 5.74) is 0.712. The molecule has 2 aliphatic rings. The lowest BCUT2D eigenvalue weighted by Crippen LogP contribution is -2.42. The van der Waals surface area contributed by atoms with Crippen molar-refractivity contribution in [2.45, 2.75) is 63.5 Å². The summed E-state index contributed by atoms with van der Waals surface area (Å²) < 4.78 is 11.1. The number of benzene rings is 1. The summed E-state index contributed by atoms with van der Waals surface area (Å²) >= 11 is 0. The molecule has 0 bridgehead atoms. The standard InChI is InChI=1S/C23H34N2O4/c1-24(19-6-4-3-5-7-19)23(27)18-8-10-20(11-9-18)29-21-12-15-25(16-13-21)22(26)14-17-28-2/h8-11,19,21H,3-7,12-17H2,1-2H3. The Bertz CT molecular complexity index is 662. The van der Waals surface area contributed by atoms with E-state index in [9.17, 15) is 9.59 Å². The van der Waals surface area contributed by atoms with Crippen molar-refractivity contribution < 1.29 is 19.1 Å². The van der Waals surface area contributed by atoms with Gasteiger partial charge in [0.25, 0.3) is 5.91 Å². The highest BCUT2D eigenvalue weighted by Gasteiger charge is 2.25. The Hall–Kier alpha value is -2.08. The molecule has 6 heteroatoms. The predicted octanol–water partition coefficient (Wildman–Crippen LogP) is 3.50. The molecule has 1 aliphatic heterocycles. The van der Waals surface area contributed by atoms with Gasteiger partial charge in [-0.05, 0) is 37.1 Å². The summed E-state index contributed by atoms with van der Waals surface area (Å²) in [4.78, 5) is 28.6. The second-order valence-electron chi connectivity index (χ2n) is 8.17. The molecule has 2 amide bonds. The van der Waals surface area contributed by atoms with E-state index >= 15 is 0 Å². The molecule has 0 radical (unpaired) electrons. The van der Waals surface area contributed by atoms with Crippen molar-refractivity contribution in [3.05, 3.63) is 29.8 Å². The van der Waals surface area contributed by atoms with E-state index in [1.54, 1.807) is 7.11 Å². The Morgan fingerprint density at radius 3 is 2.31 bits per heavy atom. The van der Waals surface area contributed by atoms with Gasteiger partial charge in [-0.15, -0.1) is 0 Å². The summed E-state index contributed by atoms with van der Waals surface area (Å²) in [5.74, 6) is 1.02. The molecule has 1 heterocycles. The van der Waals surface area contributed by atoms with Crippen LogP contribution in [0.4, 0.5) is 0 Å². The molecule has 3 rings (SSSR count). The van der Waals surface area contributed by atoms with Crippen molar-refractivity contribution in [1.82, 2.24) is 9.80 Å². The zero-order chi connectivity index (χ0) is 20.6. The van der Waals surface area contributed by atoms with E-state index < -0.39 is 0 Å². The molecular weight excluding hydrogens is 368 g/mol. The first-order valence-corrected chi connectivity index (χ1v) is 10.9. The van der Waals surface area contributed by atoms with E-state index in [-0.39, 0.29) is 17.9 Å². The van der Waals surface area contributed by atoms with Gasteiger partial charge in [0.05, 0.1) is 13.0 Å². The maximum atomic E-state index is 12.8. The van der Waals surface area contributed by atoms with Crippen molar-refractivity contribution in [3.8, 4) is 5.75 Å². The van der Waals surface area contributed by atoms with Gasteiger partial charge < -0.3 is 19.3 Å². The van der Waals surface area contributed by atoms with E-state index in [0.717, 1.165) is 44.5 Å². The van der Waals surface area contributed by atoms with Gasteiger partial charge in [-0.1, -0.05) is 19.3 Å². The molecule has 1 aliphatic carbocycles. The van der Waals surface area contributed by atoms with Crippen LogP contribution in [0.25, 0.3) is 0 Å². The van der Waals surface area contributed by atoms with Gasteiger partial charge in [-0.25, -0.2) is 0 Å². The SMILES string of the molecule is COCCC(=O)N1CCC(Oc2ccc(C(=O)N(C)C3CCCCC3)cc2)CC1. The van der Waals surface area contributed by atoms with Crippen molar-refractivity contribution in [3.63, 3.8) is 0 Å². The third-order valence-electron chi connectivity index (χ3n) is 6.16. The third kappa shape index (κ3) is 5.95. The number of amides is 2. The first kappa shape index (κ1) is 21.6. The van der Waals surface area contributed by atoms with Gasteiger partial charge in [0, 0.05) is 51.7 Å². The molecule has 1 saturated heterocycles. The van der Waals surface area contributed by atoms with Crippen LogP contribution >= 0.6 is 0 Å². The van der Waals surface area contributed by atoms with Crippen LogP contribution in [-0.2, 0) is 9.53 Å². The van der Waals surface area contributed by atoms with Crippen LogP contribution < -0.4 is 4.74 Å². The first-order valence-electron chi connectivity index (χ1n) is 10.9. The van der Waals surface area contributed by atoms with Crippen LogP contribution in [0.2, 0.25) is 0 Å². The fourth-order valence-electron chi connectivity index (χ4n) is 4.28. The second kappa shape index (κ2) is 10.6. The monoisotopic (exact) mass is 402 g/mol. The molecule has 0 aromatic heterocycles. The highest BCUT2D eigenvalue weighted by atomic mass is 16.5. The van der Waals surface area contributed by atoms with E-state index in [0.29, 0.717) is 24.6 Å². The van der Waals surface area contributed by atoms with Crippen molar-refractivity contribution in [1.29, 1.82) is 0 Å². The topological polar surface area (TPSA) is 59.1 Å². The highest BCUT2D eigenvalue weighted by molar-refractivity contribution is 5.94. The minimum Gasteiger partial charge on any atom is -0.490 e. The van der Waals surface area contributed by atoms with Crippen molar-refractivity contribution in [2.24, 2.45) is 0 Å². The fourth-order valence-corrected chi connectivity index (χ4v) is 4.28. The molecule has 1 aromatic carbocycles. The maximum absolute atomic E-state index is 12.8. The lowest BCUT2D eigenvalue weighted by atomic mass is 9.94. The number of nitrogens with zero attached hydrogens (tertiary/aromatic N) is 2. The van der Waals surface area contributed by atoms with Crippen molar-refractivity contribution in [2.75, 3.05) is 33.9 Å². The molecule has 0 N–H and O–H groups in total. The summed E-state index contributed by atoms with van der Waals surface area (Å²) in [6.07, 6.45) is 8.11. The summed E-state index contributed by atoms with van der Waals surface area (Å²) in [6, 6.07) is 7.86. The van der Waals surface area contributed by atoms with Crippen LogP contribution in [0, 0.1) is 0 Å². The lowest BCUT2D eigenvalue weighted by Gasteiger charge is -2.32. The fraction of sp³-hybridized carbons (Fsp3) is 0.652. The number of methoxy groups -OCH3 is 1. The molecule has 0 spiro atoms. The lowest BCUT2D eigenvalue weighted by molar-refractivity contribution is -0.133. The van der Waals surface area contributed by atoms with Crippen LogP contribution in [-0.4, -0.2) is 67.6 Å².